The number of amides is 1. The van der Waals surface area contributed by atoms with Crippen LogP contribution < -0.4 is 19.7 Å². The van der Waals surface area contributed by atoms with Crippen LogP contribution >= 0.6 is 0 Å². The SMILES string of the molecule is CC(C)c1ccccc1[C@H]1CN(C)CCN1C1CC2(CCN(c3ccc(C(=O)NS(=O)(=O)c4cnc(NCC5CCOCC5)c([N+](=O)[O-])c4)c(Oc4cnc5[nH]ccc5c4)c3)CC2)C1. The van der Waals surface area contributed by atoms with Gasteiger partial charge in [-0.3, -0.25) is 19.8 Å². The number of hydrogen-bond acceptors (Lipinski definition) is 13. The van der Waals surface area contributed by atoms with Crippen LogP contribution in [0.25, 0.3) is 11.0 Å². The number of pyridine rings is 2. The zero-order chi connectivity index (χ0) is 44.6. The molecule has 3 aromatic heterocycles. The molecular formula is C47H57N9O7S. The van der Waals surface area contributed by atoms with Crippen LogP contribution in [-0.2, 0) is 14.8 Å². The van der Waals surface area contributed by atoms with Crippen molar-refractivity contribution in [2.75, 3.05) is 69.7 Å². The van der Waals surface area contributed by atoms with E-state index in [4.69, 9.17) is 9.47 Å². The largest absolute Gasteiger partial charge is 0.455 e. The topological polar surface area (TPSA) is 188 Å². The second-order valence-corrected chi connectivity index (χ2v) is 20.1. The van der Waals surface area contributed by atoms with Crippen LogP contribution in [0.2, 0.25) is 0 Å². The Labute approximate surface area is 373 Å². The Bertz CT molecular complexity index is 2620. The zero-order valence-electron chi connectivity index (χ0n) is 36.7. The van der Waals surface area contributed by atoms with E-state index < -0.39 is 31.4 Å². The number of carbonyl (C=O) groups is 1. The van der Waals surface area contributed by atoms with E-state index >= 15 is 0 Å². The number of aromatic nitrogens is 3. The van der Waals surface area contributed by atoms with Crippen molar-refractivity contribution in [3.05, 3.63) is 106 Å². The number of anilines is 2. The fourth-order valence-electron chi connectivity index (χ4n) is 10.2. The molecule has 1 amide bonds. The summed E-state index contributed by atoms with van der Waals surface area (Å²) in [4.78, 5) is 44.0. The van der Waals surface area contributed by atoms with Crippen LogP contribution in [0, 0.1) is 21.4 Å². The first-order chi connectivity index (χ1) is 30.8. The van der Waals surface area contributed by atoms with Gasteiger partial charge in [0.05, 0.1) is 22.9 Å². The summed E-state index contributed by atoms with van der Waals surface area (Å²) in [7, 11) is -2.37. The minimum Gasteiger partial charge on any atom is -0.455 e. The van der Waals surface area contributed by atoms with E-state index in [1.165, 1.54) is 30.2 Å². The number of sulfonamides is 1. The summed E-state index contributed by atoms with van der Waals surface area (Å²) in [6.07, 6.45) is 10.4. The molecule has 16 nitrogen and oxygen atoms in total. The van der Waals surface area contributed by atoms with E-state index in [9.17, 15) is 23.3 Å². The van der Waals surface area contributed by atoms with Crippen molar-refractivity contribution in [2.24, 2.45) is 11.3 Å². The van der Waals surface area contributed by atoms with Crippen LogP contribution in [-0.4, -0.2) is 110 Å². The van der Waals surface area contributed by atoms with E-state index in [1.807, 2.05) is 12.1 Å². The number of ether oxygens (including phenoxy) is 2. The van der Waals surface area contributed by atoms with Crippen LogP contribution in [0.15, 0.2) is 84.1 Å². The molecule has 6 heterocycles. The third-order valence-electron chi connectivity index (χ3n) is 13.9. The molecular weight excluding hydrogens is 835 g/mol. The molecule has 3 aliphatic heterocycles. The number of carbonyl (C=O) groups excluding carboxylic acids is 1. The Morgan fingerprint density at radius 2 is 1.80 bits per heavy atom. The molecule has 0 unspecified atom stereocenters. The predicted octanol–water partition coefficient (Wildman–Crippen LogP) is 7.48. The molecule has 3 saturated heterocycles. The maximum absolute atomic E-state index is 14.0. The molecule has 5 aromatic rings. The Hall–Kier alpha value is -5.62. The van der Waals surface area contributed by atoms with Gasteiger partial charge in [-0.1, -0.05) is 38.1 Å². The molecule has 2 aromatic carbocycles. The van der Waals surface area contributed by atoms with E-state index in [1.54, 1.807) is 24.4 Å². The quantitative estimate of drug-likeness (QED) is 0.0781. The number of hydrogen-bond donors (Lipinski definition) is 3. The van der Waals surface area contributed by atoms with E-state index in [-0.39, 0.29) is 28.5 Å². The van der Waals surface area contributed by atoms with Crippen LogP contribution in [0.4, 0.5) is 17.2 Å². The lowest BCUT2D eigenvalue weighted by atomic mass is 9.59. The summed E-state index contributed by atoms with van der Waals surface area (Å²) in [5.41, 5.74) is 4.15. The Kier molecular flexibility index (Phi) is 12.3. The first-order valence-corrected chi connectivity index (χ1v) is 23.9. The third-order valence-corrected chi connectivity index (χ3v) is 15.2. The molecule has 1 atom stereocenters. The van der Waals surface area contributed by atoms with Crippen molar-refractivity contribution in [3.8, 4) is 11.5 Å². The summed E-state index contributed by atoms with van der Waals surface area (Å²) < 4.78 is 41.2. The molecule has 9 rings (SSSR count). The minimum absolute atomic E-state index is 0.0326. The molecule has 64 heavy (non-hydrogen) atoms. The first-order valence-electron chi connectivity index (χ1n) is 22.4. The summed E-state index contributed by atoms with van der Waals surface area (Å²) in [5.74, 6) is 0.201. The lowest BCUT2D eigenvalue weighted by molar-refractivity contribution is -0.384. The van der Waals surface area contributed by atoms with Crippen molar-refractivity contribution in [3.63, 3.8) is 0 Å². The number of nitro groups is 1. The van der Waals surface area contributed by atoms with E-state index in [2.05, 4.69) is 84.9 Å². The highest BCUT2D eigenvalue weighted by molar-refractivity contribution is 7.90. The third kappa shape index (κ3) is 9.16. The van der Waals surface area contributed by atoms with Gasteiger partial charge < -0.3 is 29.6 Å². The molecule has 1 spiro atoms. The molecule has 4 fully saturated rings. The monoisotopic (exact) mass is 891 g/mol. The second kappa shape index (κ2) is 18.1. The van der Waals surface area contributed by atoms with Gasteiger partial charge in [-0.25, -0.2) is 23.1 Å². The molecule has 4 aliphatic rings. The number of fused-ring (bicyclic) bond motifs is 1. The lowest BCUT2D eigenvalue weighted by Gasteiger charge is -2.58. The van der Waals surface area contributed by atoms with Gasteiger partial charge in [0, 0.05) is 94.0 Å². The van der Waals surface area contributed by atoms with Crippen molar-refractivity contribution in [1.29, 1.82) is 0 Å². The molecule has 1 saturated carbocycles. The normalized spacial score (nSPS) is 20.1. The molecule has 0 radical (unpaired) electrons. The standard InChI is InChI=1S/C47H57N9O7S/c1-31(2)38-6-4-5-7-39(38)42-30-53(3)18-19-55(42)35-25-47(26-35)13-16-54(17-14-47)34-8-9-40(43(23-34)63-36-22-33-10-15-48-44(33)50-28-36)46(57)52-64(60,61)37-24-41(56(58)59)45(51-29-37)49-27-32-11-20-62-21-12-32/h4-10,15,22-24,28-29,31-32,35,42H,11-14,16-21,25-27,30H2,1-3H3,(H,48,50)(H,49,51)(H,52,57)/t42-/m1/s1. The predicted molar refractivity (Wildman–Crippen MR) is 245 cm³/mol. The maximum atomic E-state index is 14.0. The van der Waals surface area contributed by atoms with Gasteiger partial charge in [-0.15, -0.1) is 0 Å². The van der Waals surface area contributed by atoms with E-state index in [0.717, 1.165) is 81.7 Å². The average Bonchev–Trinajstić information content (AvgIpc) is 3.76. The van der Waals surface area contributed by atoms with Gasteiger partial charge in [0.2, 0.25) is 5.82 Å². The van der Waals surface area contributed by atoms with Crippen molar-refractivity contribution in [1.82, 2.24) is 29.5 Å². The molecule has 17 heteroatoms. The van der Waals surface area contributed by atoms with Gasteiger partial charge in [0.25, 0.3) is 15.9 Å². The number of piperazine rings is 1. The van der Waals surface area contributed by atoms with Crippen molar-refractivity contribution >= 4 is 44.2 Å². The highest BCUT2D eigenvalue weighted by Crippen LogP contribution is 2.53. The number of piperidine rings is 1. The summed E-state index contributed by atoms with van der Waals surface area (Å²) in [6, 6.07) is 19.6. The fourth-order valence-corrected chi connectivity index (χ4v) is 11.1. The van der Waals surface area contributed by atoms with E-state index in [0.29, 0.717) is 49.2 Å². The molecule has 3 N–H and O–H groups in total. The smallest absolute Gasteiger partial charge is 0.312 e. The highest BCUT2D eigenvalue weighted by Gasteiger charge is 2.50. The molecule has 1 aliphatic carbocycles. The summed E-state index contributed by atoms with van der Waals surface area (Å²) >= 11 is 0. The number of H-pyrrole nitrogens is 1. The number of nitrogens with one attached hydrogen (secondary N) is 3. The average molecular weight is 892 g/mol. The van der Waals surface area contributed by atoms with Gasteiger partial charge in [-0.05, 0) is 98.2 Å². The summed E-state index contributed by atoms with van der Waals surface area (Å²) in [6.45, 7) is 11.0. The Morgan fingerprint density at radius 1 is 1.02 bits per heavy atom. The fraction of sp³-hybridized carbons (Fsp3) is 0.468. The number of benzene rings is 2. The second-order valence-electron chi connectivity index (χ2n) is 18.4. The lowest BCUT2D eigenvalue weighted by Crippen LogP contribution is -2.59. The Morgan fingerprint density at radius 3 is 2.56 bits per heavy atom. The molecule has 0 bridgehead atoms. The van der Waals surface area contributed by atoms with Crippen LogP contribution in [0.1, 0.15) is 85.8 Å². The number of likely N-dealkylation sites (N-methyl/N-ethyl adjacent to an activating group) is 1. The zero-order valence-corrected chi connectivity index (χ0v) is 37.5. The van der Waals surface area contributed by atoms with Crippen LogP contribution in [0.5, 0.6) is 11.5 Å². The number of aromatic amines is 1. The summed E-state index contributed by atoms with van der Waals surface area (Å²) in [5, 5.41) is 15.9. The van der Waals surface area contributed by atoms with Gasteiger partial charge in [0.1, 0.15) is 22.0 Å². The number of rotatable bonds is 13. The minimum atomic E-state index is -4.61. The first kappa shape index (κ1) is 43.6. The van der Waals surface area contributed by atoms with Gasteiger partial charge in [-0.2, -0.15) is 0 Å². The van der Waals surface area contributed by atoms with Gasteiger partial charge in [0.15, 0.2) is 0 Å². The maximum Gasteiger partial charge on any atom is 0.312 e. The van der Waals surface area contributed by atoms with Gasteiger partial charge >= 0.3 is 5.69 Å². The van der Waals surface area contributed by atoms with Crippen LogP contribution in [0.3, 0.4) is 0 Å². The highest BCUT2D eigenvalue weighted by atomic mass is 32.2. The van der Waals surface area contributed by atoms with Crippen molar-refractivity contribution in [2.45, 2.75) is 75.3 Å². The number of nitrogens with zero attached hydrogens (tertiary/aromatic N) is 6. The van der Waals surface area contributed by atoms with Crippen molar-refractivity contribution < 1.29 is 27.6 Å². The Balaban J connectivity index is 0.907. The molecule has 338 valence electrons.